The number of halogens is 7. The molecule has 4 N–H and O–H groups in total. The third-order valence-corrected chi connectivity index (χ3v) is 21.4. The molecule has 2 saturated carbocycles. The minimum atomic E-state index is -4.80. The predicted octanol–water partition coefficient (Wildman–Crippen LogP) is 6.91. The van der Waals surface area contributed by atoms with Gasteiger partial charge in [-0.3, -0.25) is 52.7 Å². The smallest absolute Gasteiger partial charge is 0.351 e. The van der Waals surface area contributed by atoms with Crippen LogP contribution in [0.5, 0.6) is 0 Å². The highest BCUT2D eigenvalue weighted by molar-refractivity contribution is 6.31. The topological polar surface area (TPSA) is 259 Å². The van der Waals surface area contributed by atoms with E-state index in [1.54, 1.807) is 13.8 Å². The molecule has 5 aliphatic rings. The Labute approximate surface area is 580 Å². The van der Waals surface area contributed by atoms with E-state index in [0.29, 0.717) is 32.1 Å². The van der Waals surface area contributed by atoms with Gasteiger partial charge in [0.15, 0.2) is 0 Å². The predicted molar refractivity (Wildman–Crippen MR) is 355 cm³/mol. The largest absolute Gasteiger partial charge is 0.417 e. The van der Waals surface area contributed by atoms with Crippen molar-refractivity contribution < 1.29 is 79.1 Å². The van der Waals surface area contributed by atoms with Crippen LogP contribution in [0, 0.1) is 17.8 Å². The first kappa shape index (κ1) is 78.8. The van der Waals surface area contributed by atoms with Crippen molar-refractivity contribution in [3.8, 4) is 0 Å². The highest BCUT2D eigenvalue weighted by Gasteiger charge is 2.51. The molecule has 3 heterocycles. The molecule has 0 bridgehead atoms. The average Bonchev–Trinajstić information content (AvgIpc) is 1.67. The molecule has 99 heavy (non-hydrogen) atoms. The van der Waals surface area contributed by atoms with Gasteiger partial charge in [0, 0.05) is 67.2 Å². The van der Waals surface area contributed by atoms with Crippen molar-refractivity contribution in [2.45, 2.75) is 236 Å². The minimum Gasteiger partial charge on any atom is -0.351 e. The van der Waals surface area contributed by atoms with Gasteiger partial charge in [-0.05, 0) is 138 Å². The Bertz CT molecular complexity index is 3310. The lowest BCUT2D eigenvalue weighted by molar-refractivity contribution is -0.160. The van der Waals surface area contributed by atoms with Crippen LogP contribution < -0.4 is 21.3 Å². The van der Waals surface area contributed by atoms with Gasteiger partial charge in [-0.1, -0.05) is 89.6 Å². The summed E-state index contributed by atoms with van der Waals surface area (Å²) in [6.45, 7) is 11.7. The fourth-order valence-electron chi connectivity index (χ4n) is 14.4. The summed E-state index contributed by atoms with van der Waals surface area (Å²) in [5, 5.41) is 11.0. The molecule has 2 aromatic carbocycles. The first-order valence-corrected chi connectivity index (χ1v) is 34.9. The number of fused-ring (bicyclic) bond motifs is 2. The van der Waals surface area contributed by atoms with E-state index in [2.05, 4.69) is 21.3 Å². The summed E-state index contributed by atoms with van der Waals surface area (Å²) in [7, 11) is 6.83. The Kier molecular flexibility index (Phi) is 26.2. The minimum absolute atomic E-state index is 0.0153. The number of carbonyl (C=O) groups is 11. The molecule has 2 aliphatic carbocycles. The Hall–Kier alpha value is -7.52. The molecule has 11 amide bonds. The molecule has 0 radical (unpaired) electrons. The third-order valence-electron chi connectivity index (χ3n) is 21.1. The number of likely N-dealkylation sites (N-methyl/N-ethyl adjacent to an activating group) is 5. The summed E-state index contributed by atoms with van der Waals surface area (Å²) >= 11 is 6.13. The van der Waals surface area contributed by atoms with Gasteiger partial charge in [-0.25, -0.2) is 0 Å². The maximum atomic E-state index is 15.3. The number of nitrogens with zero attached hydrogens (tertiary/aromatic N) is 7. The van der Waals surface area contributed by atoms with Gasteiger partial charge < -0.3 is 55.6 Å². The van der Waals surface area contributed by atoms with E-state index in [0.717, 1.165) is 63.9 Å². The molecule has 0 unspecified atom stereocenters. The van der Waals surface area contributed by atoms with Crippen molar-refractivity contribution in [2.24, 2.45) is 17.8 Å². The Morgan fingerprint density at radius 2 is 1.18 bits per heavy atom. The van der Waals surface area contributed by atoms with Crippen molar-refractivity contribution in [1.82, 2.24) is 55.6 Å². The van der Waals surface area contributed by atoms with Crippen molar-refractivity contribution in [3.05, 3.63) is 69.7 Å². The second-order valence-electron chi connectivity index (χ2n) is 28.4. The van der Waals surface area contributed by atoms with Gasteiger partial charge in [0.1, 0.15) is 59.9 Å². The second kappa shape index (κ2) is 32.9. The maximum absolute atomic E-state index is 15.3. The van der Waals surface area contributed by atoms with Crippen molar-refractivity contribution >= 4 is 76.6 Å². The zero-order valence-electron chi connectivity index (χ0n) is 58.7. The van der Waals surface area contributed by atoms with Gasteiger partial charge in [0.25, 0.3) is 0 Å². The summed E-state index contributed by atoms with van der Waals surface area (Å²) in [4.78, 5) is 172. The molecule has 3 saturated heterocycles. The number of hydrogen-bond acceptors (Lipinski definition) is 11. The van der Waals surface area contributed by atoms with Crippen LogP contribution in [0.15, 0.2) is 42.5 Å². The van der Waals surface area contributed by atoms with Gasteiger partial charge >= 0.3 is 12.4 Å². The quantitative estimate of drug-likeness (QED) is 0.178. The number of alkyl halides is 6. The number of hydrogen-bond donors (Lipinski definition) is 4. The Morgan fingerprint density at radius 1 is 0.576 bits per heavy atom. The lowest BCUT2D eigenvalue weighted by Crippen LogP contribution is -2.65. The first-order valence-electron chi connectivity index (χ1n) is 34.5. The van der Waals surface area contributed by atoms with Crippen LogP contribution in [0.2, 0.25) is 5.02 Å². The van der Waals surface area contributed by atoms with E-state index in [-0.39, 0.29) is 93.8 Å². The molecule has 0 aromatic heterocycles. The molecule has 22 nitrogen and oxygen atoms in total. The molecular weight excluding hydrogens is 1320 g/mol. The van der Waals surface area contributed by atoms with Crippen molar-refractivity contribution in [2.75, 3.05) is 48.3 Å². The fourth-order valence-corrected chi connectivity index (χ4v) is 14.7. The normalized spacial score (nSPS) is 27.7. The SMILES string of the molecule is CC[C@H](C)[C@@H]1NC(=O)[C@H](CC(C)C)N(C)C(=O)C[C@@H](C)NC(=O)[C@H](C2CCCC2)N(C)C(=O)C2(CCCC2)NC(=O)[C@@H]2CCCN2C(=O)[C@H](CCc2ccc(C(F)(F)F)c(Cl)c2)NC(=O)[C@@H](C)N(C)C(=O)[C@H](Cc2ccc(C(F)(F)F)cc2)N(C)C(=O)[C@@H]2CCN2C(=O)[C@H](C)N(C)C1=O. The molecule has 2 aromatic rings. The van der Waals surface area contributed by atoms with E-state index in [1.165, 1.54) is 74.8 Å². The lowest BCUT2D eigenvalue weighted by atomic mass is 9.90. The molecular formula is C70H98ClF6N11O11. The zero-order chi connectivity index (χ0) is 73.5. The van der Waals surface area contributed by atoms with Crippen LogP contribution in [0.25, 0.3) is 0 Å². The number of nitrogens with one attached hydrogen (secondary N) is 4. The first-order chi connectivity index (χ1) is 46.3. The second-order valence-corrected chi connectivity index (χ2v) is 28.8. The fraction of sp³-hybridized carbons (Fsp3) is 0.671. The van der Waals surface area contributed by atoms with Crippen LogP contribution in [-0.4, -0.2) is 214 Å². The van der Waals surface area contributed by atoms with Crippen LogP contribution in [0.1, 0.15) is 167 Å². The van der Waals surface area contributed by atoms with Gasteiger partial charge in [-0.2, -0.15) is 26.3 Å². The van der Waals surface area contributed by atoms with E-state index in [9.17, 15) is 64.7 Å². The summed E-state index contributed by atoms with van der Waals surface area (Å²) in [5.41, 5.74) is -3.25. The highest BCUT2D eigenvalue weighted by atomic mass is 35.5. The lowest BCUT2D eigenvalue weighted by Gasteiger charge is -2.45. The van der Waals surface area contributed by atoms with E-state index < -0.39 is 172 Å². The van der Waals surface area contributed by atoms with Crippen LogP contribution in [0.3, 0.4) is 0 Å². The Morgan fingerprint density at radius 3 is 1.75 bits per heavy atom. The van der Waals surface area contributed by atoms with Gasteiger partial charge in [0.2, 0.25) is 65.0 Å². The van der Waals surface area contributed by atoms with Crippen LogP contribution >= 0.6 is 11.6 Å². The number of benzene rings is 2. The summed E-state index contributed by atoms with van der Waals surface area (Å²) in [6, 6.07) is -5.64. The number of rotatable bonds is 10. The molecule has 7 rings (SSSR count). The van der Waals surface area contributed by atoms with Crippen molar-refractivity contribution in [3.63, 3.8) is 0 Å². The third kappa shape index (κ3) is 18.3. The standard InChI is InChI=1S/C70H98ClF6N11O11/c1-13-40(4)56-66(98)83(9)43(7)62(94)88-34-30-52(88)64(96)85(11)54(38-45-22-26-47(27-23-45)69(72,73)74)65(97)82(8)42(6)58(90)79-50(29-25-44-24-28-48(49(71)37-44)70(75,76)77)63(95)87-33-18-21-51(87)60(92)81-68(31-16-17-32-68)67(99)86(12)57(46-19-14-15-20-46)61(93)78-41(5)36-55(89)84(10)53(35-39(2)3)59(91)80-56/h22-24,26-28,37,39-43,46,50-54,56-57H,13-21,25,29-36,38H2,1-12H3,(H,78,93)(H,79,90)(H,80,91)(H,81,92)/t40-,41+,42+,43-,50-,51-,52-,53-,54-,56-,57-/m0/s1. The summed E-state index contributed by atoms with van der Waals surface area (Å²) in [6.07, 6.45) is -5.50. The van der Waals surface area contributed by atoms with Crippen LogP contribution in [0.4, 0.5) is 26.3 Å². The molecule has 29 heteroatoms. The van der Waals surface area contributed by atoms with Gasteiger partial charge in [0.05, 0.1) is 16.1 Å². The van der Waals surface area contributed by atoms with Crippen LogP contribution in [-0.2, 0) is 77.9 Å². The zero-order valence-corrected chi connectivity index (χ0v) is 59.5. The molecule has 3 aliphatic heterocycles. The number of amides is 11. The molecule has 11 atom stereocenters. The molecule has 5 fully saturated rings. The highest BCUT2D eigenvalue weighted by Crippen LogP contribution is 2.38. The molecule has 548 valence electrons. The van der Waals surface area contributed by atoms with E-state index in [1.807, 2.05) is 20.8 Å². The monoisotopic (exact) mass is 1420 g/mol. The summed E-state index contributed by atoms with van der Waals surface area (Å²) < 4.78 is 83.2. The van der Waals surface area contributed by atoms with E-state index >= 15 is 14.4 Å². The summed E-state index contributed by atoms with van der Waals surface area (Å²) in [5.74, 6) is -8.67. The van der Waals surface area contributed by atoms with Crippen molar-refractivity contribution in [1.29, 1.82) is 0 Å². The molecule has 1 spiro atoms. The number of aryl methyl sites for hydroxylation is 1. The maximum Gasteiger partial charge on any atom is 0.417 e. The number of carbonyl (C=O) groups excluding carboxylic acids is 11. The van der Waals surface area contributed by atoms with E-state index in [4.69, 9.17) is 11.6 Å². The van der Waals surface area contributed by atoms with Gasteiger partial charge in [-0.15, -0.1) is 0 Å². The average molecular weight is 1420 g/mol. The Balaban J connectivity index is 1.28.